The molecule has 0 amide bonds. The van der Waals surface area contributed by atoms with Crippen molar-refractivity contribution < 1.29 is 9.90 Å². The van der Waals surface area contributed by atoms with Crippen LogP contribution in [0.3, 0.4) is 0 Å². The van der Waals surface area contributed by atoms with E-state index in [0.29, 0.717) is 20.9 Å². The summed E-state index contributed by atoms with van der Waals surface area (Å²) in [5.74, 6) is -1.04. The van der Waals surface area contributed by atoms with E-state index in [1.165, 1.54) is 6.07 Å². The van der Waals surface area contributed by atoms with Crippen molar-refractivity contribution in [3.63, 3.8) is 0 Å². The molecule has 2 aromatic carbocycles. The van der Waals surface area contributed by atoms with Crippen molar-refractivity contribution in [2.75, 3.05) is 10.6 Å². The van der Waals surface area contributed by atoms with Gasteiger partial charge in [-0.05, 0) is 48.6 Å². The molecule has 0 spiro atoms. The molecule has 0 atom stereocenters. The van der Waals surface area contributed by atoms with E-state index >= 15 is 0 Å². The fraction of sp³-hybridized carbons (Fsp3) is 0. The Hall–Kier alpha value is -1.63. The number of anilines is 2. The summed E-state index contributed by atoms with van der Waals surface area (Å²) >= 11 is 14.3. The number of benzene rings is 2. The molecular weight excluding hydrogens is 376 g/mol. The normalized spacial score (nSPS) is 10.0. The Bertz CT molecular complexity index is 709. The average Bonchev–Trinajstić information content (AvgIpc) is 2.40. The van der Waals surface area contributed by atoms with Crippen molar-refractivity contribution in [2.45, 2.75) is 0 Å². The third-order valence-electron chi connectivity index (χ3n) is 2.54. The lowest BCUT2D eigenvalue weighted by Crippen LogP contribution is -2.20. The molecule has 21 heavy (non-hydrogen) atoms. The van der Waals surface area contributed by atoms with Crippen LogP contribution in [-0.2, 0) is 0 Å². The topological polar surface area (TPSA) is 61.4 Å². The Labute approximate surface area is 140 Å². The summed E-state index contributed by atoms with van der Waals surface area (Å²) in [5.41, 5.74) is 1.25. The minimum atomic E-state index is -1.04. The van der Waals surface area contributed by atoms with Gasteiger partial charge in [-0.15, -0.1) is 0 Å². The molecule has 0 heterocycles. The second-order valence-electron chi connectivity index (χ2n) is 4.08. The zero-order chi connectivity index (χ0) is 15.4. The van der Waals surface area contributed by atoms with Crippen LogP contribution >= 0.6 is 39.7 Å². The van der Waals surface area contributed by atoms with Crippen molar-refractivity contribution in [1.82, 2.24) is 0 Å². The molecule has 0 aliphatic rings. The Balaban J connectivity index is 2.15. The molecule has 4 nitrogen and oxygen atoms in total. The van der Waals surface area contributed by atoms with Crippen molar-refractivity contribution in [1.29, 1.82) is 0 Å². The number of aromatic carboxylic acids is 1. The number of nitrogens with one attached hydrogen (secondary N) is 2. The van der Waals surface area contributed by atoms with Gasteiger partial charge in [-0.3, -0.25) is 0 Å². The van der Waals surface area contributed by atoms with E-state index in [1.54, 1.807) is 36.4 Å². The van der Waals surface area contributed by atoms with E-state index in [-0.39, 0.29) is 10.7 Å². The third kappa shape index (κ3) is 4.42. The minimum absolute atomic E-state index is 0.125. The maximum Gasteiger partial charge on any atom is 0.337 e. The minimum Gasteiger partial charge on any atom is -0.478 e. The standard InChI is InChI=1S/C14H10BrClN2O2S/c15-8-4-5-12(11(6-8)13(19)20)18-14(21)17-10-3-1-2-9(16)7-10/h1-7H,(H,19,20)(H2,17,18,21). The van der Waals surface area contributed by atoms with Crippen LogP contribution in [0.25, 0.3) is 0 Å². The molecule has 0 aromatic heterocycles. The first-order valence-corrected chi connectivity index (χ1v) is 7.40. The first kappa shape index (κ1) is 15.8. The molecule has 0 unspecified atom stereocenters. The Kier molecular flexibility index (Phi) is 5.17. The third-order valence-corrected chi connectivity index (χ3v) is 3.48. The molecule has 0 bridgehead atoms. The zero-order valence-electron chi connectivity index (χ0n) is 10.6. The van der Waals surface area contributed by atoms with E-state index in [2.05, 4.69) is 26.6 Å². The van der Waals surface area contributed by atoms with Crippen LogP contribution in [0.4, 0.5) is 11.4 Å². The molecule has 0 radical (unpaired) electrons. The van der Waals surface area contributed by atoms with E-state index in [1.807, 2.05) is 0 Å². The fourth-order valence-electron chi connectivity index (χ4n) is 1.65. The predicted octanol–water partition coefficient (Wildman–Crippen LogP) is 4.61. The number of carbonyl (C=O) groups is 1. The van der Waals surface area contributed by atoms with Crippen LogP contribution in [0, 0.1) is 0 Å². The number of thiocarbonyl (C=S) groups is 1. The largest absolute Gasteiger partial charge is 0.478 e. The average molecular weight is 386 g/mol. The molecule has 3 N–H and O–H groups in total. The maximum atomic E-state index is 11.2. The van der Waals surface area contributed by atoms with Crippen LogP contribution in [0.5, 0.6) is 0 Å². The highest BCUT2D eigenvalue weighted by Gasteiger charge is 2.11. The molecule has 0 saturated carbocycles. The predicted molar refractivity (Wildman–Crippen MR) is 92.4 cm³/mol. The second-order valence-corrected chi connectivity index (χ2v) is 5.84. The molecular formula is C14H10BrClN2O2S. The first-order chi connectivity index (χ1) is 9.95. The second kappa shape index (κ2) is 6.89. The van der Waals surface area contributed by atoms with Gasteiger partial charge in [0, 0.05) is 15.2 Å². The molecule has 0 fully saturated rings. The smallest absolute Gasteiger partial charge is 0.337 e. The van der Waals surface area contributed by atoms with Crippen molar-refractivity contribution in [2.24, 2.45) is 0 Å². The van der Waals surface area contributed by atoms with Gasteiger partial charge in [-0.1, -0.05) is 33.6 Å². The van der Waals surface area contributed by atoms with Gasteiger partial charge in [0.1, 0.15) is 0 Å². The van der Waals surface area contributed by atoms with Crippen LogP contribution in [0.2, 0.25) is 5.02 Å². The van der Waals surface area contributed by atoms with Crippen LogP contribution < -0.4 is 10.6 Å². The Morgan fingerprint density at radius 1 is 1.19 bits per heavy atom. The van der Waals surface area contributed by atoms with E-state index in [4.69, 9.17) is 23.8 Å². The molecule has 0 aliphatic heterocycles. The van der Waals surface area contributed by atoms with Crippen molar-refractivity contribution in [3.8, 4) is 0 Å². The van der Waals surface area contributed by atoms with Gasteiger partial charge < -0.3 is 15.7 Å². The molecule has 2 rings (SSSR count). The lowest BCUT2D eigenvalue weighted by Gasteiger charge is -2.13. The molecule has 0 aliphatic carbocycles. The number of halogens is 2. The SMILES string of the molecule is O=C(O)c1cc(Br)ccc1NC(=S)Nc1cccc(Cl)c1. The van der Waals surface area contributed by atoms with Gasteiger partial charge in [0.2, 0.25) is 0 Å². The number of hydrogen-bond donors (Lipinski definition) is 3. The zero-order valence-corrected chi connectivity index (χ0v) is 13.7. The highest BCUT2D eigenvalue weighted by Crippen LogP contribution is 2.22. The summed E-state index contributed by atoms with van der Waals surface area (Å²) in [5, 5.41) is 15.9. The fourth-order valence-corrected chi connectivity index (χ4v) is 2.43. The van der Waals surface area contributed by atoms with Gasteiger partial charge in [0.05, 0.1) is 11.3 Å². The summed E-state index contributed by atoms with van der Waals surface area (Å²) in [6, 6.07) is 11.9. The number of rotatable bonds is 3. The lowest BCUT2D eigenvalue weighted by atomic mass is 10.2. The summed E-state index contributed by atoms with van der Waals surface area (Å²) in [6.45, 7) is 0. The lowest BCUT2D eigenvalue weighted by molar-refractivity contribution is 0.0698. The van der Waals surface area contributed by atoms with Crippen molar-refractivity contribution in [3.05, 3.63) is 57.5 Å². The van der Waals surface area contributed by atoms with Gasteiger partial charge in [-0.2, -0.15) is 0 Å². The summed E-state index contributed by atoms with van der Waals surface area (Å²) in [6.07, 6.45) is 0. The van der Waals surface area contributed by atoms with Crippen LogP contribution in [0.15, 0.2) is 46.9 Å². The van der Waals surface area contributed by atoms with E-state index in [0.717, 1.165) is 0 Å². The van der Waals surface area contributed by atoms with Crippen LogP contribution in [0.1, 0.15) is 10.4 Å². The highest BCUT2D eigenvalue weighted by atomic mass is 79.9. The maximum absolute atomic E-state index is 11.2. The molecule has 7 heteroatoms. The number of hydrogen-bond acceptors (Lipinski definition) is 2. The van der Waals surface area contributed by atoms with Gasteiger partial charge in [0.15, 0.2) is 5.11 Å². The van der Waals surface area contributed by atoms with E-state index < -0.39 is 5.97 Å². The van der Waals surface area contributed by atoms with Gasteiger partial charge in [0.25, 0.3) is 0 Å². The Morgan fingerprint density at radius 3 is 2.62 bits per heavy atom. The number of carboxylic acid groups (broad SMARTS) is 1. The van der Waals surface area contributed by atoms with Gasteiger partial charge >= 0.3 is 5.97 Å². The van der Waals surface area contributed by atoms with Gasteiger partial charge in [-0.25, -0.2) is 4.79 Å². The molecule has 0 saturated heterocycles. The monoisotopic (exact) mass is 384 g/mol. The quantitative estimate of drug-likeness (QED) is 0.674. The number of carboxylic acids is 1. The summed E-state index contributed by atoms with van der Waals surface area (Å²) < 4.78 is 0.680. The summed E-state index contributed by atoms with van der Waals surface area (Å²) in [4.78, 5) is 11.2. The highest BCUT2D eigenvalue weighted by molar-refractivity contribution is 9.10. The molecule has 108 valence electrons. The first-order valence-electron chi connectivity index (χ1n) is 5.82. The van der Waals surface area contributed by atoms with E-state index in [9.17, 15) is 9.90 Å². The molecule has 2 aromatic rings. The van der Waals surface area contributed by atoms with Crippen molar-refractivity contribution >= 4 is 62.2 Å². The summed E-state index contributed by atoms with van der Waals surface area (Å²) in [7, 11) is 0. The van der Waals surface area contributed by atoms with Crippen LogP contribution in [-0.4, -0.2) is 16.2 Å². The Morgan fingerprint density at radius 2 is 1.95 bits per heavy atom.